The smallest absolute Gasteiger partial charge is 0.431 e. The van der Waals surface area contributed by atoms with Gasteiger partial charge in [0.25, 0.3) is 5.91 Å². The number of carbonyl (C=O) groups excluding carboxylic acids is 3. The van der Waals surface area contributed by atoms with Crippen LogP contribution in [0.4, 0.5) is 5.69 Å². The number of amides is 2. The van der Waals surface area contributed by atoms with Crippen LogP contribution in [0, 0.1) is 0 Å². The molecule has 4 rings (SSSR count). The summed E-state index contributed by atoms with van der Waals surface area (Å²) in [5, 5.41) is 5.47. The lowest BCUT2D eigenvalue weighted by atomic mass is 10.1. The Morgan fingerprint density at radius 3 is 2.53 bits per heavy atom. The van der Waals surface area contributed by atoms with Crippen LogP contribution in [-0.2, 0) is 27.9 Å². The summed E-state index contributed by atoms with van der Waals surface area (Å²) in [7, 11) is 2.90. The number of thiocarbonyl (C=S) groups is 1. The van der Waals surface area contributed by atoms with E-state index in [0.29, 0.717) is 16.4 Å². The molecule has 1 saturated heterocycles. The average Bonchev–Trinajstić information content (AvgIpc) is 3.52. The third-order valence-corrected chi connectivity index (χ3v) is 5.90. The molecule has 2 heterocycles. The van der Waals surface area contributed by atoms with Gasteiger partial charge < -0.3 is 15.0 Å². The van der Waals surface area contributed by atoms with Crippen LogP contribution in [0.3, 0.4) is 0 Å². The minimum atomic E-state index is -0.841. The molecule has 2 fully saturated rings. The molecule has 2 aromatic rings. The first-order chi connectivity index (χ1) is 15.3. The molecule has 32 heavy (non-hydrogen) atoms. The van der Waals surface area contributed by atoms with Gasteiger partial charge in [-0.05, 0) is 54.6 Å². The summed E-state index contributed by atoms with van der Waals surface area (Å²) in [5.41, 5.74) is 0.536. The van der Waals surface area contributed by atoms with E-state index in [4.69, 9.17) is 16.7 Å². The molecule has 1 unspecified atom stereocenters. The maximum atomic E-state index is 13.1. The number of hydrogen-bond acceptors (Lipinski definition) is 7. The van der Waals surface area contributed by atoms with Crippen molar-refractivity contribution in [2.45, 2.75) is 37.9 Å². The van der Waals surface area contributed by atoms with Gasteiger partial charge in [-0.2, -0.15) is 0 Å². The van der Waals surface area contributed by atoms with Gasteiger partial charge in [-0.1, -0.05) is 4.68 Å². The summed E-state index contributed by atoms with van der Waals surface area (Å²) in [6.07, 6.45) is 1.55. The third-order valence-electron chi connectivity index (χ3n) is 5.47. The largest absolute Gasteiger partial charge is 0.465 e. The Labute approximate surface area is 187 Å². The minimum absolute atomic E-state index is 0.0297. The number of aryl methyl sites for hydroxylation is 1. The van der Waals surface area contributed by atoms with E-state index >= 15 is 0 Å². The predicted octanol–water partition coefficient (Wildman–Crippen LogP) is 0.0679. The lowest BCUT2D eigenvalue weighted by Crippen LogP contribution is -2.44. The van der Waals surface area contributed by atoms with E-state index in [9.17, 15) is 19.2 Å². The van der Waals surface area contributed by atoms with Gasteiger partial charge in [0.1, 0.15) is 12.6 Å². The van der Waals surface area contributed by atoms with Crippen LogP contribution in [0.25, 0.3) is 0 Å². The summed E-state index contributed by atoms with van der Waals surface area (Å²) < 4.78 is 10.9. The van der Waals surface area contributed by atoms with E-state index in [2.05, 4.69) is 15.3 Å². The zero-order valence-electron chi connectivity index (χ0n) is 17.5. The van der Waals surface area contributed by atoms with Crippen LogP contribution >= 0.6 is 12.2 Å². The molecule has 168 valence electrons. The second-order valence-corrected chi connectivity index (χ2v) is 8.04. The van der Waals surface area contributed by atoms with Gasteiger partial charge in [0.15, 0.2) is 12.2 Å². The SMILES string of the molecule is COC(=O)c1ccc(NC(=O)CC2C(=O)N(C3CC3)C(=S)N2Cc2c(=O)o[nH][n+]2C)cc1. The lowest BCUT2D eigenvalue weighted by Gasteiger charge is -2.21. The number of esters is 1. The van der Waals surface area contributed by atoms with E-state index < -0.39 is 23.5 Å². The van der Waals surface area contributed by atoms with Crippen molar-refractivity contribution in [2.75, 3.05) is 12.4 Å². The molecule has 1 aliphatic heterocycles. The second kappa shape index (κ2) is 8.54. The molecule has 1 aromatic heterocycles. The van der Waals surface area contributed by atoms with Gasteiger partial charge in [0.2, 0.25) is 5.91 Å². The summed E-state index contributed by atoms with van der Waals surface area (Å²) in [6.45, 7) is 0.0297. The number of ether oxygens (including phenoxy) is 1. The van der Waals surface area contributed by atoms with Crippen LogP contribution in [0.2, 0.25) is 0 Å². The van der Waals surface area contributed by atoms with Crippen molar-refractivity contribution in [2.24, 2.45) is 7.05 Å². The molecule has 1 aromatic carbocycles. The Hall–Kier alpha value is -3.54. The fraction of sp³-hybridized carbons (Fsp3) is 0.400. The van der Waals surface area contributed by atoms with Gasteiger partial charge in [0.05, 0.1) is 19.1 Å². The first-order valence-electron chi connectivity index (χ1n) is 9.98. The fourth-order valence-electron chi connectivity index (χ4n) is 3.59. The van der Waals surface area contributed by atoms with Crippen LogP contribution < -0.4 is 15.6 Å². The number of nitrogens with zero attached hydrogens (tertiary/aromatic N) is 3. The standard InChI is InChI=1S/C20H21N5O6S/c1-23-15(19(29)31-22-23)10-24-14(17(27)25(20(24)32)13-7-8-13)9-16(26)21-12-5-3-11(4-6-12)18(28)30-2/h3-6,13-14H,7-10H2,1-2H3,(H-,21,22,26,28,29)/p+1. The third kappa shape index (κ3) is 4.13. The summed E-state index contributed by atoms with van der Waals surface area (Å²) in [6, 6.07) is 5.40. The van der Waals surface area contributed by atoms with Crippen LogP contribution in [-0.4, -0.2) is 57.2 Å². The zero-order chi connectivity index (χ0) is 23.0. The number of aromatic nitrogens is 2. The molecule has 1 atom stereocenters. The van der Waals surface area contributed by atoms with Crippen molar-refractivity contribution in [3.8, 4) is 0 Å². The van der Waals surface area contributed by atoms with E-state index in [1.807, 2.05) is 0 Å². The monoisotopic (exact) mass is 460 g/mol. The molecule has 2 aliphatic rings. The van der Waals surface area contributed by atoms with Gasteiger partial charge in [-0.15, -0.1) is 0 Å². The van der Waals surface area contributed by atoms with Gasteiger partial charge in [-0.3, -0.25) is 19.0 Å². The highest BCUT2D eigenvalue weighted by Gasteiger charge is 2.50. The number of hydrogen-bond donors (Lipinski definition) is 2. The molecule has 0 bridgehead atoms. The zero-order valence-corrected chi connectivity index (χ0v) is 18.3. The number of anilines is 1. The van der Waals surface area contributed by atoms with Gasteiger partial charge >= 0.3 is 17.3 Å². The second-order valence-electron chi connectivity index (χ2n) is 7.67. The number of methoxy groups -OCH3 is 1. The number of nitrogens with one attached hydrogen (secondary N) is 2. The Bertz CT molecular complexity index is 1140. The normalized spacial score (nSPS) is 18.2. The number of rotatable bonds is 7. The molecule has 1 saturated carbocycles. The molecular formula is C20H22N5O6S+. The number of H-pyrrole nitrogens is 1. The Morgan fingerprint density at radius 1 is 1.28 bits per heavy atom. The number of carbonyl (C=O) groups is 3. The Morgan fingerprint density at radius 2 is 1.97 bits per heavy atom. The van der Waals surface area contributed by atoms with E-state index in [1.165, 1.54) is 23.9 Å². The quantitative estimate of drug-likeness (QED) is 0.337. The van der Waals surface area contributed by atoms with Crippen LogP contribution in [0.15, 0.2) is 33.6 Å². The molecule has 11 nitrogen and oxygen atoms in total. The summed E-state index contributed by atoms with van der Waals surface area (Å²) in [5.74, 6) is -1.13. The van der Waals surface area contributed by atoms with Crippen molar-refractivity contribution in [3.63, 3.8) is 0 Å². The van der Waals surface area contributed by atoms with E-state index in [0.717, 1.165) is 12.8 Å². The van der Waals surface area contributed by atoms with Crippen molar-refractivity contribution >= 4 is 40.8 Å². The van der Waals surface area contributed by atoms with Crippen LogP contribution in [0.1, 0.15) is 35.3 Å². The maximum absolute atomic E-state index is 13.1. The van der Waals surface area contributed by atoms with Crippen molar-refractivity contribution < 1.29 is 28.3 Å². The van der Waals surface area contributed by atoms with E-state index in [-0.39, 0.29) is 30.6 Å². The van der Waals surface area contributed by atoms with Crippen molar-refractivity contribution in [1.82, 2.24) is 15.1 Å². The minimum Gasteiger partial charge on any atom is -0.465 e. The molecular weight excluding hydrogens is 438 g/mol. The van der Waals surface area contributed by atoms with E-state index in [1.54, 1.807) is 29.0 Å². The highest BCUT2D eigenvalue weighted by molar-refractivity contribution is 7.80. The first-order valence-corrected chi connectivity index (χ1v) is 10.4. The Kier molecular flexibility index (Phi) is 5.78. The topological polar surface area (TPSA) is 129 Å². The molecule has 2 amide bonds. The fourth-order valence-corrected chi connectivity index (χ4v) is 4.02. The first kappa shape index (κ1) is 21.7. The summed E-state index contributed by atoms with van der Waals surface area (Å²) in [4.78, 5) is 52.5. The Balaban J connectivity index is 1.50. The predicted molar refractivity (Wildman–Crippen MR) is 113 cm³/mol. The maximum Gasteiger partial charge on any atom is 0.431 e. The molecule has 12 heteroatoms. The molecule has 0 radical (unpaired) electrons. The lowest BCUT2D eigenvalue weighted by molar-refractivity contribution is -0.746. The molecule has 2 N–H and O–H groups in total. The number of benzene rings is 1. The molecule has 1 aliphatic carbocycles. The average molecular weight is 460 g/mol. The molecule has 0 spiro atoms. The highest BCUT2D eigenvalue weighted by atomic mass is 32.1. The highest BCUT2D eigenvalue weighted by Crippen LogP contribution is 2.34. The van der Waals surface area contributed by atoms with Crippen LogP contribution in [0.5, 0.6) is 0 Å². The number of aromatic amines is 1. The summed E-state index contributed by atoms with van der Waals surface area (Å²) >= 11 is 5.53. The van der Waals surface area contributed by atoms with Crippen molar-refractivity contribution in [1.29, 1.82) is 0 Å². The van der Waals surface area contributed by atoms with Gasteiger partial charge in [0, 0.05) is 11.7 Å². The van der Waals surface area contributed by atoms with Crippen molar-refractivity contribution in [3.05, 3.63) is 45.9 Å². The van der Waals surface area contributed by atoms with Gasteiger partial charge in [-0.25, -0.2) is 9.59 Å².